The number of hydrogen-bond acceptors (Lipinski definition) is 6. The summed E-state index contributed by atoms with van der Waals surface area (Å²) in [5, 5.41) is 12.8. The SMILES string of the molecule is Cc1ccc(Cc2cnc(NC(=O)CN(C)S(=O)(=O)c3ccccc3C#N)s2)cc1Cl. The number of nitrogens with zero attached hydrogens (tertiary/aromatic N) is 3. The third kappa shape index (κ3) is 5.48. The highest BCUT2D eigenvalue weighted by atomic mass is 35.5. The van der Waals surface area contributed by atoms with Crippen molar-refractivity contribution in [2.24, 2.45) is 0 Å². The lowest BCUT2D eigenvalue weighted by molar-refractivity contribution is -0.116. The Morgan fingerprint density at radius 2 is 2.03 bits per heavy atom. The molecule has 0 aliphatic heterocycles. The molecule has 0 saturated carbocycles. The van der Waals surface area contributed by atoms with Gasteiger partial charge in [-0.3, -0.25) is 4.79 Å². The molecule has 1 N–H and O–H groups in total. The molecule has 0 radical (unpaired) electrons. The van der Waals surface area contributed by atoms with Crippen molar-refractivity contribution in [3.8, 4) is 6.07 Å². The van der Waals surface area contributed by atoms with Gasteiger partial charge in [-0.15, -0.1) is 11.3 Å². The fraction of sp³-hybridized carbons (Fsp3) is 0.190. The maximum atomic E-state index is 12.7. The van der Waals surface area contributed by atoms with E-state index in [1.165, 1.54) is 36.6 Å². The molecule has 31 heavy (non-hydrogen) atoms. The van der Waals surface area contributed by atoms with Gasteiger partial charge in [0.2, 0.25) is 15.9 Å². The number of halogens is 1. The monoisotopic (exact) mass is 474 g/mol. The molecule has 0 aliphatic rings. The average Bonchev–Trinajstić information content (AvgIpc) is 3.17. The van der Waals surface area contributed by atoms with Gasteiger partial charge in [0.1, 0.15) is 6.07 Å². The number of nitriles is 1. The van der Waals surface area contributed by atoms with Crippen LogP contribution in [0.4, 0.5) is 5.13 Å². The second-order valence-corrected chi connectivity index (χ2v) is 10.3. The van der Waals surface area contributed by atoms with E-state index in [1.807, 2.05) is 31.2 Å². The number of carbonyl (C=O) groups is 1. The van der Waals surface area contributed by atoms with Crippen molar-refractivity contribution in [1.29, 1.82) is 5.26 Å². The zero-order valence-electron chi connectivity index (χ0n) is 16.8. The molecule has 0 atom stereocenters. The van der Waals surface area contributed by atoms with Crippen LogP contribution in [0.2, 0.25) is 5.02 Å². The molecular formula is C21H19ClN4O3S2. The summed E-state index contributed by atoms with van der Waals surface area (Å²) in [7, 11) is -2.70. The molecule has 0 unspecified atom stereocenters. The summed E-state index contributed by atoms with van der Waals surface area (Å²) < 4.78 is 26.4. The van der Waals surface area contributed by atoms with Gasteiger partial charge in [0, 0.05) is 29.6 Å². The number of thiazole rings is 1. The first-order valence-corrected chi connectivity index (χ1v) is 11.8. The lowest BCUT2D eigenvalue weighted by Crippen LogP contribution is -2.35. The van der Waals surface area contributed by atoms with Gasteiger partial charge >= 0.3 is 0 Å². The van der Waals surface area contributed by atoms with Gasteiger partial charge in [0.25, 0.3) is 0 Å². The van der Waals surface area contributed by atoms with Crippen LogP contribution in [0.3, 0.4) is 0 Å². The Labute approximate surface area is 190 Å². The number of likely N-dealkylation sites (N-methyl/N-ethyl adjacent to an activating group) is 1. The van der Waals surface area contributed by atoms with E-state index in [-0.39, 0.29) is 10.5 Å². The number of benzene rings is 2. The highest BCUT2D eigenvalue weighted by Gasteiger charge is 2.25. The molecule has 0 fully saturated rings. The number of hydrogen-bond donors (Lipinski definition) is 1. The number of sulfonamides is 1. The lowest BCUT2D eigenvalue weighted by Gasteiger charge is -2.17. The van der Waals surface area contributed by atoms with E-state index in [4.69, 9.17) is 16.9 Å². The number of rotatable bonds is 7. The van der Waals surface area contributed by atoms with Crippen LogP contribution in [0.15, 0.2) is 53.6 Å². The Bertz CT molecular complexity index is 1270. The van der Waals surface area contributed by atoms with Crippen molar-refractivity contribution >= 4 is 44.0 Å². The van der Waals surface area contributed by atoms with Gasteiger partial charge in [-0.05, 0) is 36.2 Å². The number of carbonyl (C=O) groups excluding carboxylic acids is 1. The normalized spacial score (nSPS) is 11.3. The lowest BCUT2D eigenvalue weighted by atomic mass is 10.1. The first-order valence-electron chi connectivity index (χ1n) is 9.15. The molecule has 10 heteroatoms. The minimum atomic E-state index is -3.99. The van der Waals surface area contributed by atoms with E-state index in [1.54, 1.807) is 12.3 Å². The van der Waals surface area contributed by atoms with Crippen LogP contribution in [-0.4, -0.2) is 37.2 Å². The second kappa shape index (κ2) is 9.58. The van der Waals surface area contributed by atoms with E-state index in [9.17, 15) is 13.2 Å². The minimum absolute atomic E-state index is 0.0236. The number of aromatic nitrogens is 1. The molecule has 1 amide bonds. The van der Waals surface area contributed by atoms with Crippen molar-refractivity contribution in [3.63, 3.8) is 0 Å². The number of nitrogens with one attached hydrogen (secondary N) is 1. The fourth-order valence-electron chi connectivity index (χ4n) is 2.79. The van der Waals surface area contributed by atoms with Crippen LogP contribution in [0.5, 0.6) is 0 Å². The zero-order valence-corrected chi connectivity index (χ0v) is 19.2. The van der Waals surface area contributed by atoms with E-state index in [0.29, 0.717) is 16.6 Å². The Morgan fingerprint density at radius 1 is 1.29 bits per heavy atom. The topological polar surface area (TPSA) is 103 Å². The quantitative estimate of drug-likeness (QED) is 0.560. The number of aryl methyl sites for hydroxylation is 1. The summed E-state index contributed by atoms with van der Waals surface area (Å²) >= 11 is 7.47. The third-order valence-electron chi connectivity index (χ3n) is 4.48. The fourth-order valence-corrected chi connectivity index (χ4v) is 5.12. The van der Waals surface area contributed by atoms with E-state index < -0.39 is 22.5 Å². The summed E-state index contributed by atoms with van der Waals surface area (Å²) in [6, 6.07) is 13.5. The third-order valence-corrected chi connectivity index (χ3v) is 7.66. The average molecular weight is 475 g/mol. The second-order valence-electron chi connectivity index (χ2n) is 6.81. The van der Waals surface area contributed by atoms with Gasteiger partial charge in [-0.1, -0.05) is 35.9 Å². The van der Waals surface area contributed by atoms with Crippen LogP contribution >= 0.6 is 22.9 Å². The smallest absolute Gasteiger partial charge is 0.244 e. The van der Waals surface area contributed by atoms with Gasteiger partial charge in [0.05, 0.1) is 17.0 Å². The van der Waals surface area contributed by atoms with E-state index in [2.05, 4.69) is 10.3 Å². The van der Waals surface area contributed by atoms with Crippen LogP contribution in [0.1, 0.15) is 21.6 Å². The van der Waals surface area contributed by atoms with Gasteiger partial charge in [-0.2, -0.15) is 9.57 Å². The predicted molar refractivity (Wildman–Crippen MR) is 121 cm³/mol. The Hall–Kier alpha value is -2.77. The van der Waals surface area contributed by atoms with Crippen molar-refractivity contribution in [2.45, 2.75) is 18.2 Å². The summed E-state index contributed by atoms with van der Waals surface area (Å²) in [5.74, 6) is -0.528. The Morgan fingerprint density at radius 3 is 2.74 bits per heavy atom. The molecule has 0 spiro atoms. The summed E-state index contributed by atoms with van der Waals surface area (Å²) in [6.45, 7) is 1.52. The van der Waals surface area contributed by atoms with E-state index >= 15 is 0 Å². The molecule has 0 bridgehead atoms. The summed E-state index contributed by atoms with van der Waals surface area (Å²) in [6.07, 6.45) is 2.28. The summed E-state index contributed by atoms with van der Waals surface area (Å²) in [5.41, 5.74) is 2.05. The van der Waals surface area contributed by atoms with Crippen LogP contribution < -0.4 is 5.32 Å². The molecule has 0 aliphatic carbocycles. The van der Waals surface area contributed by atoms with Crippen molar-refractivity contribution in [1.82, 2.24) is 9.29 Å². The van der Waals surface area contributed by atoms with Crippen molar-refractivity contribution < 1.29 is 13.2 Å². The molecule has 7 nitrogen and oxygen atoms in total. The Kier molecular flexibility index (Phi) is 7.08. The minimum Gasteiger partial charge on any atom is -0.301 e. The van der Waals surface area contributed by atoms with Gasteiger partial charge in [0.15, 0.2) is 5.13 Å². The number of anilines is 1. The molecule has 160 valence electrons. The molecule has 1 heterocycles. The van der Waals surface area contributed by atoms with Crippen molar-refractivity contribution in [3.05, 3.63) is 75.3 Å². The van der Waals surface area contributed by atoms with Crippen LogP contribution in [-0.2, 0) is 21.2 Å². The zero-order chi connectivity index (χ0) is 22.6. The Balaban J connectivity index is 1.64. The van der Waals surface area contributed by atoms with Crippen molar-refractivity contribution in [2.75, 3.05) is 18.9 Å². The first kappa shape index (κ1) is 22.9. The highest BCUT2D eigenvalue weighted by molar-refractivity contribution is 7.89. The predicted octanol–water partition coefficient (Wildman–Crippen LogP) is 3.83. The first-order chi connectivity index (χ1) is 14.7. The van der Waals surface area contributed by atoms with E-state index in [0.717, 1.165) is 20.3 Å². The van der Waals surface area contributed by atoms with Crippen LogP contribution in [0.25, 0.3) is 0 Å². The molecular weight excluding hydrogens is 456 g/mol. The molecule has 3 rings (SSSR count). The number of amides is 1. The molecule has 2 aromatic carbocycles. The molecule has 3 aromatic rings. The van der Waals surface area contributed by atoms with Crippen LogP contribution in [0, 0.1) is 18.3 Å². The maximum Gasteiger partial charge on any atom is 0.244 e. The largest absolute Gasteiger partial charge is 0.301 e. The standard InChI is InChI=1S/C21H19ClN4O3S2/c1-14-7-8-15(10-18(14)22)9-17-12-24-21(30-17)25-20(27)13-26(2)31(28,29)19-6-4-3-5-16(19)11-23/h3-8,10,12H,9,13H2,1-2H3,(H,24,25,27). The molecule has 0 saturated heterocycles. The van der Waals surface area contributed by atoms with Gasteiger partial charge < -0.3 is 5.32 Å². The molecule has 1 aromatic heterocycles. The van der Waals surface area contributed by atoms with Gasteiger partial charge in [-0.25, -0.2) is 13.4 Å². The highest BCUT2D eigenvalue weighted by Crippen LogP contribution is 2.24. The summed E-state index contributed by atoms with van der Waals surface area (Å²) in [4.78, 5) is 17.4. The maximum absolute atomic E-state index is 12.7.